The first-order chi connectivity index (χ1) is 20.1. The third-order valence-electron chi connectivity index (χ3n) is 6.17. The fourth-order valence-corrected chi connectivity index (χ4v) is 5.96. The average Bonchev–Trinajstić information content (AvgIpc) is 3.43. The van der Waals surface area contributed by atoms with Crippen molar-refractivity contribution < 1.29 is 27.5 Å². The maximum absolute atomic E-state index is 12.5. The Morgan fingerprint density at radius 1 is 0.929 bits per heavy atom. The van der Waals surface area contributed by atoms with Gasteiger partial charge in [-0.15, -0.1) is 0 Å². The molecule has 42 heavy (non-hydrogen) atoms. The van der Waals surface area contributed by atoms with E-state index in [0.717, 1.165) is 26.9 Å². The summed E-state index contributed by atoms with van der Waals surface area (Å²) in [4.78, 5) is 28.9. The van der Waals surface area contributed by atoms with Crippen LogP contribution in [-0.4, -0.2) is 42.9 Å². The van der Waals surface area contributed by atoms with Gasteiger partial charge in [-0.2, -0.15) is 12.7 Å². The summed E-state index contributed by atoms with van der Waals surface area (Å²) < 4.78 is 38.5. The van der Waals surface area contributed by atoms with Crippen LogP contribution < -0.4 is 19.5 Å². The molecule has 10 nitrogen and oxygen atoms in total. The van der Waals surface area contributed by atoms with E-state index in [0.29, 0.717) is 40.5 Å². The van der Waals surface area contributed by atoms with Crippen LogP contribution in [0.5, 0.6) is 11.5 Å². The van der Waals surface area contributed by atoms with Gasteiger partial charge in [0.15, 0.2) is 5.17 Å². The van der Waals surface area contributed by atoms with Crippen LogP contribution in [0.1, 0.15) is 30.5 Å². The molecule has 2 heterocycles. The number of amidine groups is 1. The zero-order valence-corrected chi connectivity index (χ0v) is 24.7. The SMILES string of the molecule is CC(C)COc1ccc(COc2ccc(/C=C3/SC(=Nc4ccc(CN5CC(=O)NS5(=O)=O)cc4)NC3=O)cc2)cc1. The monoisotopic (exact) mass is 606 g/mol. The van der Waals surface area contributed by atoms with E-state index in [1.54, 1.807) is 30.3 Å². The molecule has 2 aliphatic rings. The number of carbonyl (C=O) groups is 2. The van der Waals surface area contributed by atoms with Gasteiger partial charge in [-0.1, -0.05) is 50.2 Å². The van der Waals surface area contributed by atoms with Gasteiger partial charge < -0.3 is 14.8 Å². The molecule has 218 valence electrons. The minimum atomic E-state index is -3.79. The van der Waals surface area contributed by atoms with E-state index in [1.165, 1.54) is 11.8 Å². The maximum atomic E-state index is 12.5. The molecule has 0 bridgehead atoms. The zero-order valence-electron chi connectivity index (χ0n) is 23.1. The molecule has 12 heteroatoms. The number of aliphatic imine (C=N–C) groups is 1. The molecule has 2 fully saturated rings. The molecule has 2 N–H and O–H groups in total. The zero-order chi connectivity index (χ0) is 29.7. The number of amides is 2. The van der Waals surface area contributed by atoms with Crippen LogP contribution >= 0.6 is 11.8 Å². The van der Waals surface area contributed by atoms with Crippen LogP contribution in [0.25, 0.3) is 6.08 Å². The normalized spacial score (nSPS) is 18.5. The molecule has 0 aromatic heterocycles. The van der Waals surface area contributed by atoms with Gasteiger partial charge in [-0.3, -0.25) is 9.59 Å². The average molecular weight is 607 g/mol. The second-order valence-electron chi connectivity index (χ2n) is 10.2. The first-order valence-electron chi connectivity index (χ1n) is 13.3. The quantitative estimate of drug-likeness (QED) is 0.328. The molecule has 2 saturated heterocycles. The standard InChI is InChI=1S/C30H30N4O6S2/c1-20(2)18-39-25-13-7-23(8-14-25)19-40-26-11-5-21(6-12-26)15-27-29(36)32-30(41-27)31-24-9-3-22(4-10-24)16-34-17-28(35)33-42(34,37)38/h3-15,20H,16-19H2,1-2H3,(H,33,35)(H,31,32,36)/b27-15+. The Hall–Kier alpha value is -4.13. The summed E-state index contributed by atoms with van der Waals surface area (Å²) in [5, 5.41) is 3.21. The van der Waals surface area contributed by atoms with E-state index in [1.807, 2.05) is 53.3 Å². The predicted molar refractivity (Wildman–Crippen MR) is 162 cm³/mol. The van der Waals surface area contributed by atoms with Crippen molar-refractivity contribution in [3.63, 3.8) is 0 Å². The number of rotatable bonds is 10. The lowest BCUT2D eigenvalue weighted by Gasteiger charge is -2.12. The van der Waals surface area contributed by atoms with Crippen molar-refractivity contribution in [2.45, 2.75) is 27.0 Å². The summed E-state index contributed by atoms with van der Waals surface area (Å²) in [5.74, 6) is 1.24. The summed E-state index contributed by atoms with van der Waals surface area (Å²) in [6.07, 6.45) is 1.79. The Balaban J connectivity index is 1.14. The van der Waals surface area contributed by atoms with Gasteiger partial charge >= 0.3 is 10.2 Å². The number of ether oxygens (including phenoxy) is 2. The van der Waals surface area contributed by atoms with E-state index in [4.69, 9.17) is 9.47 Å². The lowest BCUT2D eigenvalue weighted by Crippen LogP contribution is -2.29. The van der Waals surface area contributed by atoms with Gasteiger partial charge in [-0.05, 0) is 76.8 Å². The molecule has 0 spiro atoms. The van der Waals surface area contributed by atoms with Crippen molar-refractivity contribution in [2.24, 2.45) is 10.9 Å². The number of nitrogens with zero attached hydrogens (tertiary/aromatic N) is 2. The van der Waals surface area contributed by atoms with Crippen LogP contribution in [0.2, 0.25) is 0 Å². The highest BCUT2D eigenvalue weighted by atomic mass is 32.2. The lowest BCUT2D eigenvalue weighted by atomic mass is 10.2. The highest BCUT2D eigenvalue weighted by Crippen LogP contribution is 2.29. The second kappa shape index (κ2) is 12.8. The van der Waals surface area contributed by atoms with Crippen LogP contribution in [-0.2, 0) is 33.0 Å². The van der Waals surface area contributed by atoms with Crippen molar-refractivity contribution >= 4 is 50.7 Å². The summed E-state index contributed by atoms with van der Waals surface area (Å²) in [5.41, 5.74) is 3.19. The van der Waals surface area contributed by atoms with Crippen LogP contribution in [0.4, 0.5) is 5.69 Å². The van der Waals surface area contributed by atoms with Gasteiger partial charge in [0, 0.05) is 6.54 Å². The van der Waals surface area contributed by atoms with Crippen LogP contribution in [0.15, 0.2) is 82.7 Å². The fourth-order valence-electron chi connectivity index (χ4n) is 4.03. The number of hydrogen-bond acceptors (Lipinski definition) is 8. The Bertz CT molecular complexity index is 1620. The predicted octanol–water partition coefficient (Wildman–Crippen LogP) is 4.37. The third-order valence-corrected chi connectivity index (χ3v) is 8.50. The fraction of sp³-hybridized carbons (Fsp3) is 0.233. The second-order valence-corrected chi connectivity index (χ2v) is 12.9. The molecule has 0 atom stereocenters. The van der Waals surface area contributed by atoms with Crippen LogP contribution in [0, 0.1) is 5.92 Å². The topological polar surface area (TPSA) is 126 Å². The molecule has 2 aliphatic heterocycles. The number of thioether (sulfide) groups is 1. The first-order valence-corrected chi connectivity index (χ1v) is 15.5. The highest BCUT2D eigenvalue weighted by molar-refractivity contribution is 8.18. The Kier molecular flexibility index (Phi) is 8.95. The Morgan fingerprint density at radius 3 is 2.21 bits per heavy atom. The van der Waals surface area contributed by atoms with Gasteiger partial charge in [0.05, 0.1) is 23.7 Å². The van der Waals surface area contributed by atoms with E-state index in [2.05, 4.69) is 24.2 Å². The molecule has 0 unspecified atom stereocenters. The molecule has 5 rings (SSSR count). The largest absolute Gasteiger partial charge is 0.493 e. The molecular weight excluding hydrogens is 576 g/mol. The Labute approximate surface area is 249 Å². The number of nitrogens with one attached hydrogen (secondary N) is 2. The molecular formula is C30H30N4O6S2. The molecule has 3 aromatic carbocycles. The smallest absolute Gasteiger partial charge is 0.304 e. The lowest BCUT2D eigenvalue weighted by molar-refractivity contribution is -0.118. The summed E-state index contributed by atoms with van der Waals surface area (Å²) in [7, 11) is -3.79. The van der Waals surface area contributed by atoms with E-state index >= 15 is 0 Å². The molecule has 0 saturated carbocycles. The van der Waals surface area contributed by atoms with Crippen molar-refractivity contribution in [2.75, 3.05) is 13.2 Å². The minimum absolute atomic E-state index is 0.0707. The Morgan fingerprint density at radius 2 is 1.57 bits per heavy atom. The van der Waals surface area contributed by atoms with Crippen molar-refractivity contribution in [1.82, 2.24) is 14.3 Å². The maximum Gasteiger partial charge on any atom is 0.304 e. The number of benzene rings is 3. The first kappa shape index (κ1) is 29.4. The van der Waals surface area contributed by atoms with Gasteiger partial charge in [0.1, 0.15) is 18.1 Å². The summed E-state index contributed by atoms with van der Waals surface area (Å²) >= 11 is 1.23. The summed E-state index contributed by atoms with van der Waals surface area (Å²) in [6.45, 7) is 5.20. The molecule has 0 radical (unpaired) electrons. The summed E-state index contributed by atoms with van der Waals surface area (Å²) in [6, 6.07) is 22.3. The van der Waals surface area contributed by atoms with E-state index in [9.17, 15) is 18.0 Å². The molecule has 3 aromatic rings. The minimum Gasteiger partial charge on any atom is -0.493 e. The molecule has 2 amide bonds. The van der Waals surface area contributed by atoms with Crippen molar-refractivity contribution in [3.05, 3.63) is 94.4 Å². The van der Waals surface area contributed by atoms with Gasteiger partial charge in [0.25, 0.3) is 5.91 Å². The third kappa shape index (κ3) is 7.78. The van der Waals surface area contributed by atoms with E-state index < -0.39 is 16.1 Å². The van der Waals surface area contributed by atoms with Crippen LogP contribution in [0.3, 0.4) is 0 Å². The van der Waals surface area contributed by atoms with Gasteiger partial charge in [-0.25, -0.2) is 9.71 Å². The van der Waals surface area contributed by atoms with Crippen molar-refractivity contribution in [3.8, 4) is 11.5 Å². The van der Waals surface area contributed by atoms with Crippen molar-refractivity contribution in [1.29, 1.82) is 0 Å². The highest BCUT2D eigenvalue weighted by Gasteiger charge is 2.33. The number of hydrogen-bond donors (Lipinski definition) is 2. The number of carbonyl (C=O) groups excluding carboxylic acids is 2. The van der Waals surface area contributed by atoms with E-state index in [-0.39, 0.29) is 19.0 Å². The van der Waals surface area contributed by atoms with Gasteiger partial charge in [0.2, 0.25) is 5.91 Å². The molecule has 0 aliphatic carbocycles.